The third-order valence-corrected chi connectivity index (χ3v) is 4.26. The van der Waals surface area contributed by atoms with Gasteiger partial charge < -0.3 is 9.47 Å². The van der Waals surface area contributed by atoms with Crippen LogP contribution in [-0.2, 0) is 16.1 Å². The Bertz CT molecular complexity index is 655. The summed E-state index contributed by atoms with van der Waals surface area (Å²) in [5.41, 5.74) is 1.04. The van der Waals surface area contributed by atoms with Gasteiger partial charge in [0.25, 0.3) is 0 Å². The van der Waals surface area contributed by atoms with Gasteiger partial charge in [0.05, 0.1) is 20.3 Å². The molecule has 0 amide bonds. The molecule has 124 valence electrons. The number of methoxy groups -OCH3 is 1. The number of carbonyl (C=O) groups excluding carboxylic acids is 1. The van der Waals surface area contributed by atoms with Crippen molar-refractivity contribution in [3.05, 3.63) is 29.8 Å². The smallest absolute Gasteiger partial charge is 0.322 e. The first kappa shape index (κ1) is 17.3. The first-order valence-electron chi connectivity index (χ1n) is 7.21. The SMILES string of the molecule is CCOC(=O)C(C)(C)Sc1nnnn1Cc1ccc(OC)cc1. The van der Waals surface area contributed by atoms with Crippen LogP contribution >= 0.6 is 11.8 Å². The minimum absolute atomic E-state index is 0.288. The molecule has 0 saturated carbocycles. The number of aromatic nitrogens is 4. The summed E-state index contributed by atoms with van der Waals surface area (Å²) in [5, 5.41) is 12.3. The number of hydrogen-bond acceptors (Lipinski definition) is 7. The zero-order valence-electron chi connectivity index (χ0n) is 13.6. The lowest BCUT2D eigenvalue weighted by atomic mass is 10.2. The molecule has 1 aromatic carbocycles. The largest absolute Gasteiger partial charge is 0.497 e. The van der Waals surface area contributed by atoms with E-state index in [1.165, 1.54) is 11.8 Å². The molecule has 8 heteroatoms. The van der Waals surface area contributed by atoms with E-state index in [0.717, 1.165) is 11.3 Å². The van der Waals surface area contributed by atoms with E-state index in [2.05, 4.69) is 15.5 Å². The maximum atomic E-state index is 12.0. The molecule has 0 spiro atoms. The van der Waals surface area contributed by atoms with Gasteiger partial charge in [-0.2, -0.15) is 0 Å². The second kappa shape index (κ2) is 7.45. The van der Waals surface area contributed by atoms with E-state index < -0.39 is 4.75 Å². The highest BCUT2D eigenvalue weighted by molar-refractivity contribution is 8.01. The van der Waals surface area contributed by atoms with Crippen molar-refractivity contribution < 1.29 is 14.3 Å². The third kappa shape index (κ3) is 4.44. The van der Waals surface area contributed by atoms with Crippen LogP contribution in [0, 0.1) is 0 Å². The van der Waals surface area contributed by atoms with E-state index in [-0.39, 0.29) is 5.97 Å². The Morgan fingerprint density at radius 2 is 2.00 bits per heavy atom. The first-order chi connectivity index (χ1) is 11.0. The fourth-order valence-electron chi connectivity index (χ4n) is 1.85. The van der Waals surface area contributed by atoms with Crippen molar-refractivity contribution in [2.45, 2.75) is 37.2 Å². The van der Waals surface area contributed by atoms with Gasteiger partial charge in [-0.15, -0.1) is 5.10 Å². The van der Waals surface area contributed by atoms with Crippen LogP contribution in [0.15, 0.2) is 29.4 Å². The molecule has 0 atom stereocenters. The summed E-state index contributed by atoms with van der Waals surface area (Å²) in [6.45, 7) is 6.23. The quantitative estimate of drug-likeness (QED) is 0.566. The van der Waals surface area contributed by atoms with Gasteiger partial charge in [-0.25, -0.2) is 4.68 Å². The van der Waals surface area contributed by atoms with E-state index >= 15 is 0 Å². The van der Waals surface area contributed by atoms with Crippen LogP contribution in [0.5, 0.6) is 5.75 Å². The minimum Gasteiger partial charge on any atom is -0.497 e. The predicted octanol–water partition coefficient (Wildman–Crippen LogP) is 2.16. The molecule has 0 fully saturated rings. The molecular formula is C15H20N4O3S. The fraction of sp³-hybridized carbons (Fsp3) is 0.467. The van der Waals surface area contributed by atoms with E-state index in [1.807, 2.05) is 24.3 Å². The molecule has 1 heterocycles. The van der Waals surface area contributed by atoms with E-state index in [1.54, 1.807) is 32.6 Å². The first-order valence-corrected chi connectivity index (χ1v) is 8.03. The second-order valence-electron chi connectivity index (χ2n) is 5.30. The lowest BCUT2D eigenvalue weighted by Gasteiger charge is -2.20. The number of carbonyl (C=O) groups is 1. The van der Waals surface area contributed by atoms with Gasteiger partial charge in [0.15, 0.2) is 0 Å². The van der Waals surface area contributed by atoms with E-state index in [4.69, 9.17) is 9.47 Å². The van der Waals surface area contributed by atoms with Crippen LogP contribution < -0.4 is 4.74 Å². The molecule has 1 aromatic heterocycles. The van der Waals surface area contributed by atoms with Crippen molar-refractivity contribution in [1.29, 1.82) is 0 Å². The molecule has 23 heavy (non-hydrogen) atoms. The van der Waals surface area contributed by atoms with Gasteiger partial charge in [-0.1, -0.05) is 23.9 Å². The summed E-state index contributed by atoms with van der Waals surface area (Å²) in [6, 6.07) is 7.67. The summed E-state index contributed by atoms with van der Waals surface area (Å²) >= 11 is 1.28. The van der Waals surface area contributed by atoms with Crippen LogP contribution in [0.25, 0.3) is 0 Å². The molecule has 0 unspecified atom stereocenters. The number of thioether (sulfide) groups is 1. The normalized spacial score (nSPS) is 11.3. The molecule has 0 aliphatic rings. The van der Waals surface area contributed by atoms with Crippen molar-refractivity contribution in [2.75, 3.05) is 13.7 Å². The van der Waals surface area contributed by atoms with Crippen LogP contribution in [-0.4, -0.2) is 44.6 Å². The number of benzene rings is 1. The fourth-order valence-corrected chi connectivity index (χ4v) is 2.73. The molecule has 2 rings (SSSR count). The minimum atomic E-state index is -0.762. The summed E-state index contributed by atoms with van der Waals surface area (Å²) in [4.78, 5) is 12.0. The van der Waals surface area contributed by atoms with Crippen molar-refractivity contribution in [2.24, 2.45) is 0 Å². The number of tetrazole rings is 1. The highest BCUT2D eigenvalue weighted by atomic mass is 32.2. The summed E-state index contributed by atoms with van der Waals surface area (Å²) in [6.07, 6.45) is 0. The average Bonchev–Trinajstić information content (AvgIpc) is 2.94. The standard InChI is InChI=1S/C15H20N4O3S/c1-5-22-13(20)15(2,3)23-14-16-17-18-19(14)10-11-6-8-12(21-4)9-7-11/h6-9H,5,10H2,1-4H3. The van der Waals surface area contributed by atoms with Crippen molar-refractivity contribution in [1.82, 2.24) is 20.2 Å². The highest BCUT2D eigenvalue weighted by Gasteiger charge is 2.32. The molecule has 0 bridgehead atoms. The number of ether oxygens (including phenoxy) is 2. The Balaban J connectivity index is 2.11. The number of hydrogen-bond donors (Lipinski definition) is 0. The Labute approximate surface area is 139 Å². The molecule has 0 aliphatic carbocycles. The lowest BCUT2D eigenvalue weighted by Crippen LogP contribution is -2.30. The Morgan fingerprint density at radius 1 is 1.30 bits per heavy atom. The number of rotatable bonds is 7. The second-order valence-corrected chi connectivity index (χ2v) is 6.89. The van der Waals surface area contributed by atoms with Gasteiger partial charge in [0.2, 0.25) is 5.16 Å². The summed E-state index contributed by atoms with van der Waals surface area (Å²) in [5.74, 6) is 0.507. The topological polar surface area (TPSA) is 79.1 Å². The molecular weight excluding hydrogens is 316 g/mol. The van der Waals surface area contributed by atoms with Gasteiger partial charge >= 0.3 is 5.97 Å². The zero-order chi connectivity index (χ0) is 16.9. The van der Waals surface area contributed by atoms with Crippen molar-refractivity contribution in [3.8, 4) is 5.75 Å². The number of nitrogens with zero attached hydrogens (tertiary/aromatic N) is 4. The zero-order valence-corrected chi connectivity index (χ0v) is 14.5. The van der Waals surface area contributed by atoms with Gasteiger partial charge in [0, 0.05) is 0 Å². The molecule has 0 aliphatic heterocycles. The van der Waals surface area contributed by atoms with Crippen molar-refractivity contribution >= 4 is 17.7 Å². The van der Waals surface area contributed by atoms with Gasteiger partial charge in [-0.3, -0.25) is 4.79 Å². The predicted molar refractivity (Wildman–Crippen MR) is 86.5 cm³/mol. The van der Waals surface area contributed by atoms with Crippen LogP contribution in [0.2, 0.25) is 0 Å². The summed E-state index contributed by atoms with van der Waals surface area (Å²) < 4.78 is 11.1. The lowest BCUT2D eigenvalue weighted by molar-refractivity contribution is -0.145. The Hall–Kier alpha value is -2.09. The van der Waals surface area contributed by atoms with Crippen molar-refractivity contribution in [3.63, 3.8) is 0 Å². The molecule has 0 N–H and O–H groups in total. The van der Waals surface area contributed by atoms with Crippen LogP contribution in [0.3, 0.4) is 0 Å². The Morgan fingerprint density at radius 3 is 2.61 bits per heavy atom. The maximum absolute atomic E-state index is 12.0. The average molecular weight is 336 g/mol. The molecule has 2 aromatic rings. The third-order valence-electron chi connectivity index (χ3n) is 3.10. The maximum Gasteiger partial charge on any atom is 0.322 e. The van der Waals surface area contributed by atoms with E-state index in [0.29, 0.717) is 18.3 Å². The monoisotopic (exact) mass is 336 g/mol. The molecule has 0 saturated heterocycles. The molecule has 7 nitrogen and oxygen atoms in total. The van der Waals surface area contributed by atoms with Crippen LogP contribution in [0.1, 0.15) is 26.3 Å². The van der Waals surface area contributed by atoms with Gasteiger partial charge in [-0.05, 0) is 48.9 Å². The van der Waals surface area contributed by atoms with Crippen LogP contribution in [0.4, 0.5) is 0 Å². The van der Waals surface area contributed by atoms with Gasteiger partial charge in [0.1, 0.15) is 10.5 Å². The Kier molecular flexibility index (Phi) is 5.59. The number of esters is 1. The summed E-state index contributed by atoms with van der Waals surface area (Å²) in [7, 11) is 1.63. The molecule has 0 radical (unpaired) electrons. The van der Waals surface area contributed by atoms with E-state index in [9.17, 15) is 4.79 Å². The highest BCUT2D eigenvalue weighted by Crippen LogP contribution is 2.32.